The van der Waals surface area contributed by atoms with Gasteiger partial charge in [0, 0.05) is 0 Å². The van der Waals surface area contributed by atoms with Crippen molar-refractivity contribution >= 4 is 16.1 Å². The minimum absolute atomic E-state index is 0.400. The largest absolute Gasteiger partial charge is 0.448 e. The molecule has 5 nitrogen and oxygen atoms in total. The Balaban J connectivity index is 2.56. The van der Waals surface area contributed by atoms with E-state index >= 15 is 0 Å². The third-order valence-corrected chi connectivity index (χ3v) is 1.32. The molecule has 0 fully saturated rings. The zero-order valence-electron chi connectivity index (χ0n) is 5.93. The predicted molar refractivity (Wildman–Crippen MR) is 40.8 cm³/mol. The van der Waals surface area contributed by atoms with Crippen LogP contribution in [0, 0.1) is 0 Å². The molecule has 1 N–H and O–H groups in total. The molecule has 0 amide bonds. The molecule has 0 spiro atoms. The van der Waals surface area contributed by atoms with E-state index in [1.54, 1.807) is 30.3 Å². The first-order valence-corrected chi connectivity index (χ1v) is 4.36. The van der Waals surface area contributed by atoms with Crippen LogP contribution in [0.2, 0.25) is 0 Å². The first-order valence-electron chi connectivity index (χ1n) is 3.03. The SMILES string of the molecule is [O]S(=O)(=O)ONc1ccccc1. The van der Waals surface area contributed by atoms with Gasteiger partial charge in [-0.2, -0.15) is 8.42 Å². The highest BCUT2D eigenvalue weighted by molar-refractivity contribution is 7.80. The molecule has 0 aliphatic carbocycles. The molecule has 0 bridgehead atoms. The lowest BCUT2D eigenvalue weighted by Crippen LogP contribution is -2.07. The Bertz CT molecular complexity index is 334. The number of hydrogen-bond acceptors (Lipinski definition) is 4. The van der Waals surface area contributed by atoms with Crippen LogP contribution >= 0.6 is 0 Å². The third-order valence-electron chi connectivity index (χ3n) is 1.04. The van der Waals surface area contributed by atoms with E-state index in [0.717, 1.165) is 0 Å². The van der Waals surface area contributed by atoms with Gasteiger partial charge in [0.15, 0.2) is 0 Å². The molecule has 1 rings (SSSR count). The van der Waals surface area contributed by atoms with Crippen molar-refractivity contribution < 1.29 is 17.3 Å². The maximum atomic E-state index is 9.96. The van der Waals surface area contributed by atoms with Gasteiger partial charge in [0.25, 0.3) is 0 Å². The Morgan fingerprint density at radius 1 is 1.17 bits per heavy atom. The Morgan fingerprint density at radius 3 is 2.25 bits per heavy atom. The molecule has 12 heavy (non-hydrogen) atoms. The molecule has 65 valence electrons. The summed E-state index contributed by atoms with van der Waals surface area (Å²) in [5.74, 6) is 0. The molecule has 0 unspecified atom stereocenters. The number of hydrogen-bond donors (Lipinski definition) is 1. The molecule has 1 aromatic rings. The standard InChI is InChI=1S/C6H6NO4S/c8-12(9,10)11-7-6-4-2-1-3-5-6/h1-5,7H. The highest BCUT2D eigenvalue weighted by Crippen LogP contribution is 2.05. The van der Waals surface area contributed by atoms with E-state index < -0.39 is 10.4 Å². The smallest absolute Gasteiger partial charge is 0.247 e. The summed E-state index contributed by atoms with van der Waals surface area (Å²) in [6.07, 6.45) is 0. The van der Waals surface area contributed by atoms with Crippen molar-refractivity contribution in [1.29, 1.82) is 0 Å². The summed E-state index contributed by atoms with van der Waals surface area (Å²) in [5, 5.41) is 0. The maximum absolute atomic E-state index is 9.96. The molecule has 0 aliphatic rings. The minimum atomic E-state index is -4.68. The average molecular weight is 188 g/mol. The van der Waals surface area contributed by atoms with E-state index in [1.165, 1.54) is 0 Å². The monoisotopic (exact) mass is 188 g/mol. The summed E-state index contributed by atoms with van der Waals surface area (Å²) < 4.78 is 33.7. The van der Waals surface area contributed by atoms with Crippen LogP contribution in [0.4, 0.5) is 5.69 Å². The summed E-state index contributed by atoms with van der Waals surface area (Å²) in [6, 6.07) is 8.21. The average Bonchev–Trinajstić information content (AvgIpc) is 2.02. The topological polar surface area (TPSA) is 75.3 Å². The van der Waals surface area contributed by atoms with Crippen molar-refractivity contribution in [2.24, 2.45) is 0 Å². The van der Waals surface area contributed by atoms with Crippen LogP contribution in [0.3, 0.4) is 0 Å². The second-order valence-corrected chi connectivity index (χ2v) is 2.94. The summed E-state index contributed by atoms with van der Waals surface area (Å²) in [7, 11) is -4.68. The fraction of sp³-hybridized carbons (Fsp3) is 0. The Morgan fingerprint density at radius 2 is 1.75 bits per heavy atom. The molecule has 0 aliphatic heterocycles. The van der Waals surface area contributed by atoms with Gasteiger partial charge >= 0.3 is 10.4 Å². The fourth-order valence-electron chi connectivity index (χ4n) is 0.605. The van der Waals surface area contributed by atoms with Crippen molar-refractivity contribution in [1.82, 2.24) is 0 Å². The van der Waals surface area contributed by atoms with Crippen molar-refractivity contribution in [3.8, 4) is 0 Å². The number of rotatable bonds is 3. The van der Waals surface area contributed by atoms with Crippen molar-refractivity contribution in [3.05, 3.63) is 30.3 Å². The van der Waals surface area contributed by atoms with Crippen LogP contribution in [0.5, 0.6) is 0 Å². The van der Waals surface area contributed by atoms with Crippen LogP contribution in [0.25, 0.3) is 0 Å². The normalized spacial score (nSPS) is 11.1. The van der Waals surface area contributed by atoms with Crippen molar-refractivity contribution in [2.75, 3.05) is 5.48 Å². The zero-order valence-corrected chi connectivity index (χ0v) is 6.74. The van der Waals surface area contributed by atoms with E-state index in [0.29, 0.717) is 5.69 Å². The lowest BCUT2D eigenvalue weighted by Gasteiger charge is -2.00. The highest BCUT2D eigenvalue weighted by Gasteiger charge is 2.05. The van der Waals surface area contributed by atoms with Crippen molar-refractivity contribution in [2.45, 2.75) is 0 Å². The molecular weight excluding hydrogens is 182 g/mol. The minimum Gasteiger partial charge on any atom is -0.247 e. The molecule has 0 heterocycles. The van der Waals surface area contributed by atoms with Crippen LogP contribution in [-0.2, 0) is 19.2 Å². The maximum Gasteiger partial charge on any atom is 0.448 e. The fourth-order valence-corrected chi connectivity index (χ4v) is 0.804. The molecular formula is C6H6NO4S. The van der Waals surface area contributed by atoms with Gasteiger partial charge in [0.2, 0.25) is 0 Å². The van der Waals surface area contributed by atoms with Gasteiger partial charge in [0.05, 0.1) is 5.69 Å². The molecule has 0 saturated carbocycles. The summed E-state index contributed by atoms with van der Waals surface area (Å²) >= 11 is 0. The Hall–Kier alpha value is -1.11. The molecule has 6 heteroatoms. The Kier molecular flexibility index (Phi) is 2.64. The van der Waals surface area contributed by atoms with Gasteiger partial charge in [0.1, 0.15) is 0 Å². The molecule has 0 atom stereocenters. The summed E-state index contributed by atoms with van der Waals surface area (Å²) in [4.78, 5) is 0. The van der Waals surface area contributed by atoms with Gasteiger partial charge < -0.3 is 0 Å². The lowest BCUT2D eigenvalue weighted by atomic mass is 10.3. The van der Waals surface area contributed by atoms with E-state index in [9.17, 15) is 13.0 Å². The van der Waals surface area contributed by atoms with Gasteiger partial charge in [-0.3, -0.25) is 0 Å². The van der Waals surface area contributed by atoms with Gasteiger partial charge in [-0.1, -0.05) is 22.8 Å². The molecule has 0 aromatic heterocycles. The van der Waals surface area contributed by atoms with Crippen LogP contribution in [-0.4, -0.2) is 8.42 Å². The van der Waals surface area contributed by atoms with Gasteiger partial charge in [-0.25, -0.2) is 5.48 Å². The first kappa shape index (κ1) is 8.98. The highest BCUT2D eigenvalue weighted by atomic mass is 32.3. The second kappa shape index (κ2) is 3.53. The summed E-state index contributed by atoms with van der Waals surface area (Å²) in [6.45, 7) is 0. The van der Waals surface area contributed by atoms with Gasteiger partial charge in [-0.05, 0) is 12.1 Å². The van der Waals surface area contributed by atoms with E-state index in [1.807, 2.05) is 5.48 Å². The molecule has 1 aromatic carbocycles. The van der Waals surface area contributed by atoms with Crippen LogP contribution < -0.4 is 5.48 Å². The molecule has 1 radical (unpaired) electrons. The first-order chi connectivity index (χ1) is 5.58. The summed E-state index contributed by atoms with van der Waals surface area (Å²) in [5.41, 5.74) is 2.38. The second-order valence-electron chi connectivity index (χ2n) is 1.96. The van der Waals surface area contributed by atoms with E-state index in [4.69, 9.17) is 0 Å². The quantitative estimate of drug-likeness (QED) is 0.708. The van der Waals surface area contributed by atoms with E-state index in [-0.39, 0.29) is 0 Å². The van der Waals surface area contributed by atoms with Gasteiger partial charge in [-0.15, -0.1) is 4.28 Å². The van der Waals surface area contributed by atoms with Crippen LogP contribution in [0.1, 0.15) is 0 Å². The lowest BCUT2D eigenvalue weighted by molar-refractivity contribution is 0.285. The van der Waals surface area contributed by atoms with Crippen molar-refractivity contribution in [3.63, 3.8) is 0 Å². The number of para-hydroxylation sites is 1. The molecule has 0 saturated heterocycles. The van der Waals surface area contributed by atoms with E-state index in [2.05, 4.69) is 4.28 Å². The third kappa shape index (κ3) is 3.33. The Labute approximate surface area is 69.9 Å². The van der Waals surface area contributed by atoms with Crippen LogP contribution in [0.15, 0.2) is 30.3 Å². The number of nitrogens with one attached hydrogen (secondary N) is 1. The predicted octanol–water partition coefficient (Wildman–Crippen LogP) is 0.705. The number of anilines is 1. The zero-order chi connectivity index (χ0) is 9.03. The number of benzene rings is 1.